The summed E-state index contributed by atoms with van der Waals surface area (Å²) in [5.74, 6) is 2.29. The molecule has 1 saturated heterocycles. The number of aliphatic imine (C=N–C) groups is 1. The van der Waals surface area contributed by atoms with Crippen LogP contribution in [0.5, 0.6) is 5.75 Å². The fourth-order valence-corrected chi connectivity index (χ4v) is 4.30. The number of benzene rings is 2. The standard InChI is InChI=1S/C24H32N4O.HI/c1-18(19-8-7-9-21(16-19)28-13-5-6-14-28)27-24(25-2)26-17-20-12-15-29-23-11-4-3-10-22(20)23;/h3-4,7-11,16,18,20H,5-6,12-15,17H2,1-2H3,(H2,25,26,27);1H. The summed E-state index contributed by atoms with van der Waals surface area (Å²) in [6.45, 7) is 6.15. The molecule has 2 aromatic carbocycles. The number of guanidine groups is 1. The third-order valence-corrected chi connectivity index (χ3v) is 6.02. The van der Waals surface area contributed by atoms with E-state index in [4.69, 9.17) is 4.74 Å². The number of hydrogen-bond acceptors (Lipinski definition) is 3. The first kappa shape index (κ1) is 22.7. The molecule has 2 unspecified atom stereocenters. The second kappa shape index (κ2) is 10.9. The Morgan fingerprint density at radius 3 is 2.77 bits per heavy atom. The molecule has 0 aromatic heterocycles. The Bertz CT molecular complexity index is 851. The van der Waals surface area contributed by atoms with Crippen molar-refractivity contribution in [3.63, 3.8) is 0 Å². The average molecular weight is 520 g/mol. The Labute approximate surface area is 197 Å². The van der Waals surface area contributed by atoms with Crippen LogP contribution in [0.4, 0.5) is 5.69 Å². The number of nitrogens with zero attached hydrogens (tertiary/aromatic N) is 2. The van der Waals surface area contributed by atoms with Crippen molar-refractivity contribution in [2.45, 2.75) is 38.1 Å². The lowest BCUT2D eigenvalue weighted by Crippen LogP contribution is -2.41. The molecule has 2 aliphatic heterocycles. The van der Waals surface area contributed by atoms with E-state index in [2.05, 4.69) is 69.9 Å². The second-order valence-corrected chi connectivity index (χ2v) is 7.98. The second-order valence-electron chi connectivity index (χ2n) is 7.98. The van der Waals surface area contributed by atoms with Crippen LogP contribution in [-0.2, 0) is 0 Å². The van der Waals surface area contributed by atoms with Crippen molar-refractivity contribution in [3.05, 3.63) is 59.7 Å². The van der Waals surface area contributed by atoms with Crippen molar-refractivity contribution < 1.29 is 4.74 Å². The molecule has 0 radical (unpaired) electrons. The zero-order valence-electron chi connectivity index (χ0n) is 17.9. The van der Waals surface area contributed by atoms with Gasteiger partial charge in [-0.15, -0.1) is 24.0 Å². The molecule has 2 aliphatic rings. The molecule has 2 heterocycles. The Hall–Kier alpha value is -1.96. The summed E-state index contributed by atoms with van der Waals surface area (Å²) in [6.07, 6.45) is 3.61. The molecule has 0 aliphatic carbocycles. The molecular weight excluding hydrogens is 487 g/mol. The van der Waals surface area contributed by atoms with Crippen molar-refractivity contribution in [1.82, 2.24) is 10.6 Å². The molecule has 4 rings (SSSR count). The monoisotopic (exact) mass is 520 g/mol. The third kappa shape index (κ3) is 5.39. The molecule has 1 fully saturated rings. The highest BCUT2D eigenvalue weighted by Gasteiger charge is 2.21. The minimum absolute atomic E-state index is 0. The van der Waals surface area contributed by atoms with Gasteiger partial charge in [0.25, 0.3) is 0 Å². The van der Waals surface area contributed by atoms with E-state index in [1.807, 2.05) is 13.1 Å². The number of ether oxygens (including phenoxy) is 1. The van der Waals surface area contributed by atoms with Gasteiger partial charge in [-0.1, -0.05) is 30.3 Å². The van der Waals surface area contributed by atoms with Crippen LogP contribution in [-0.4, -0.2) is 39.2 Å². The number of rotatable bonds is 5. The fraction of sp³-hybridized carbons (Fsp3) is 0.458. The summed E-state index contributed by atoms with van der Waals surface area (Å²) >= 11 is 0. The molecular formula is C24H33IN4O. The SMILES string of the molecule is CN=C(NCC1CCOc2ccccc21)NC(C)c1cccc(N2CCCC2)c1.I. The van der Waals surface area contributed by atoms with Gasteiger partial charge in [0.15, 0.2) is 5.96 Å². The molecule has 0 bridgehead atoms. The van der Waals surface area contributed by atoms with E-state index in [1.165, 1.54) is 42.7 Å². The van der Waals surface area contributed by atoms with Gasteiger partial charge in [0.1, 0.15) is 5.75 Å². The van der Waals surface area contributed by atoms with Crippen molar-refractivity contribution in [1.29, 1.82) is 0 Å². The molecule has 2 aromatic rings. The van der Waals surface area contributed by atoms with Gasteiger partial charge in [-0.05, 0) is 55.5 Å². The molecule has 6 heteroatoms. The Morgan fingerprint density at radius 1 is 1.17 bits per heavy atom. The van der Waals surface area contributed by atoms with Crippen LogP contribution in [0.1, 0.15) is 49.3 Å². The first-order valence-electron chi connectivity index (χ1n) is 10.8. The first-order chi connectivity index (χ1) is 14.2. The van der Waals surface area contributed by atoms with Gasteiger partial charge in [0, 0.05) is 38.3 Å². The molecule has 0 amide bonds. The lowest BCUT2D eigenvalue weighted by molar-refractivity contribution is 0.267. The van der Waals surface area contributed by atoms with E-state index >= 15 is 0 Å². The van der Waals surface area contributed by atoms with Crippen molar-refractivity contribution in [2.75, 3.05) is 38.2 Å². The Balaban J connectivity index is 0.00000256. The summed E-state index contributed by atoms with van der Waals surface area (Å²) in [7, 11) is 1.83. The quantitative estimate of drug-likeness (QED) is 0.341. The van der Waals surface area contributed by atoms with Gasteiger partial charge < -0.3 is 20.3 Å². The van der Waals surface area contributed by atoms with Gasteiger partial charge in [-0.3, -0.25) is 4.99 Å². The number of nitrogens with one attached hydrogen (secondary N) is 2. The van der Waals surface area contributed by atoms with Crippen LogP contribution in [0.3, 0.4) is 0 Å². The maximum absolute atomic E-state index is 5.78. The van der Waals surface area contributed by atoms with Crippen molar-refractivity contribution >= 4 is 35.6 Å². The number of hydrogen-bond donors (Lipinski definition) is 2. The van der Waals surface area contributed by atoms with Gasteiger partial charge in [-0.2, -0.15) is 0 Å². The first-order valence-corrected chi connectivity index (χ1v) is 10.8. The molecule has 30 heavy (non-hydrogen) atoms. The summed E-state index contributed by atoms with van der Waals surface area (Å²) in [5.41, 5.74) is 3.90. The predicted octanol–water partition coefficient (Wildman–Crippen LogP) is 4.70. The molecule has 2 atom stereocenters. The van der Waals surface area contributed by atoms with E-state index < -0.39 is 0 Å². The maximum atomic E-state index is 5.78. The van der Waals surface area contributed by atoms with Gasteiger partial charge >= 0.3 is 0 Å². The highest BCUT2D eigenvalue weighted by molar-refractivity contribution is 14.0. The van der Waals surface area contributed by atoms with Gasteiger partial charge in [0.05, 0.1) is 12.6 Å². The van der Waals surface area contributed by atoms with Crippen LogP contribution >= 0.6 is 24.0 Å². The normalized spacial score (nSPS) is 19.3. The summed E-state index contributed by atoms with van der Waals surface area (Å²) in [5, 5.41) is 7.08. The molecule has 0 spiro atoms. The lowest BCUT2D eigenvalue weighted by Gasteiger charge is -2.27. The largest absolute Gasteiger partial charge is 0.493 e. The minimum atomic E-state index is 0. The minimum Gasteiger partial charge on any atom is -0.493 e. The van der Waals surface area contributed by atoms with Crippen LogP contribution in [0.2, 0.25) is 0 Å². The van der Waals surface area contributed by atoms with Crippen LogP contribution in [0, 0.1) is 0 Å². The summed E-state index contributed by atoms with van der Waals surface area (Å²) in [4.78, 5) is 6.92. The zero-order chi connectivity index (χ0) is 20.1. The third-order valence-electron chi connectivity index (χ3n) is 6.02. The smallest absolute Gasteiger partial charge is 0.191 e. The molecule has 0 saturated carbocycles. The van der Waals surface area contributed by atoms with E-state index in [-0.39, 0.29) is 30.0 Å². The summed E-state index contributed by atoms with van der Waals surface area (Å²) in [6, 6.07) is 17.4. The van der Waals surface area contributed by atoms with Gasteiger partial charge in [0.2, 0.25) is 0 Å². The average Bonchev–Trinajstić information content (AvgIpc) is 3.31. The van der Waals surface area contributed by atoms with E-state index in [0.717, 1.165) is 31.3 Å². The highest BCUT2D eigenvalue weighted by Crippen LogP contribution is 2.32. The Kier molecular flexibility index (Phi) is 8.24. The summed E-state index contributed by atoms with van der Waals surface area (Å²) < 4.78 is 5.78. The van der Waals surface area contributed by atoms with E-state index in [1.54, 1.807) is 0 Å². The van der Waals surface area contributed by atoms with Crippen LogP contribution < -0.4 is 20.3 Å². The van der Waals surface area contributed by atoms with Crippen LogP contribution in [0.25, 0.3) is 0 Å². The number of halogens is 1. The van der Waals surface area contributed by atoms with Crippen molar-refractivity contribution in [2.24, 2.45) is 4.99 Å². The van der Waals surface area contributed by atoms with E-state index in [9.17, 15) is 0 Å². The topological polar surface area (TPSA) is 48.9 Å². The predicted molar refractivity (Wildman–Crippen MR) is 136 cm³/mol. The molecule has 2 N–H and O–H groups in total. The van der Waals surface area contributed by atoms with Gasteiger partial charge in [-0.25, -0.2) is 0 Å². The van der Waals surface area contributed by atoms with E-state index in [0.29, 0.717) is 5.92 Å². The highest BCUT2D eigenvalue weighted by atomic mass is 127. The maximum Gasteiger partial charge on any atom is 0.191 e. The fourth-order valence-electron chi connectivity index (χ4n) is 4.30. The number of para-hydroxylation sites is 1. The van der Waals surface area contributed by atoms with Crippen molar-refractivity contribution in [3.8, 4) is 5.75 Å². The number of fused-ring (bicyclic) bond motifs is 1. The zero-order valence-corrected chi connectivity index (χ0v) is 20.3. The lowest BCUT2D eigenvalue weighted by atomic mass is 9.93. The van der Waals surface area contributed by atoms with Crippen LogP contribution in [0.15, 0.2) is 53.5 Å². The molecule has 162 valence electrons. The Morgan fingerprint density at radius 2 is 1.97 bits per heavy atom. The molecule has 5 nitrogen and oxygen atoms in total. The number of anilines is 1.